The molecule has 1 aromatic carbocycles. The molecule has 94 valence electrons. The van der Waals surface area contributed by atoms with Crippen LogP contribution in [0, 0.1) is 11.2 Å². The molecule has 0 atom stereocenters. The zero-order valence-corrected chi connectivity index (χ0v) is 11.3. The van der Waals surface area contributed by atoms with Crippen LogP contribution in [0.5, 0.6) is 0 Å². The Balaban J connectivity index is 2.89. The minimum Gasteiger partial charge on any atom is -0.341 e. The zero-order valence-electron chi connectivity index (χ0n) is 10.6. The first-order chi connectivity index (χ1) is 7.73. The first-order valence-corrected chi connectivity index (χ1v) is 5.79. The monoisotopic (exact) mass is 257 g/mol. The maximum absolute atomic E-state index is 13.5. The number of hydrogen-bond acceptors (Lipinski definition) is 1. The van der Waals surface area contributed by atoms with Crippen molar-refractivity contribution in [1.29, 1.82) is 0 Å². The Kier molecular flexibility index (Phi) is 4.15. The van der Waals surface area contributed by atoms with E-state index in [1.807, 2.05) is 20.8 Å². The SMILES string of the molecule is CN(Cc1c(F)cccc1Cl)C(=O)C(C)(C)C. The van der Waals surface area contributed by atoms with Gasteiger partial charge in [-0.2, -0.15) is 0 Å². The summed E-state index contributed by atoms with van der Waals surface area (Å²) in [7, 11) is 1.65. The van der Waals surface area contributed by atoms with Crippen LogP contribution in [0.1, 0.15) is 26.3 Å². The molecule has 0 unspecified atom stereocenters. The van der Waals surface area contributed by atoms with Crippen LogP contribution >= 0.6 is 11.6 Å². The summed E-state index contributed by atoms with van der Waals surface area (Å²) in [5.74, 6) is -0.428. The highest BCUT2D eigenvalue weighted by Gasteiger charge is 2.25. The third-order valence-corrected chi connectivity index (χ3v) is 2.80. The maximum Gasteiger partial charge on any atom is 0.227 e. The van der Waals surface area contributed by atoms with Crippen LogP contribution in [0.4, 0.5) is 4.39 Å². The molecule has 1 amide bonds. The van der Waals surface area contributed by atoms with Gasteiger partial charge >= 0.3 is 0 Å². The van der Waals surface area contributed by atoms with Crippen molar-refractivity contribution in [2.24, 2.45) is 5.41 Å². The van der Waals surface area contributed by atoms with Crippen LogP contribution < -0.4 is 0 Å². The molecule has 0 aliphatic heterocycles. The second-order valence-electron chi connectivity index (χ2n) is 5.11. The molecule has 0 saturated carbocycles. The second kappa shape index (κ2) is 5.05. The van der Waals surface area contributed by atoms with Crippen molar-refractivity contribution >= 4 is 17.5 Å². The number of hydrogen-bond donors (Lipinski definition) is 0. The number of benzene rings is 1. The number of rotatable bonds is 2. The van der Waals surface area contributed by atoms with Gasteiger partial charge in [-0.3, -0.25) is 4.79 Å². The van der Waals surface area contributed by atoms with Crippen LogP contribution in [0.2, 0.25) is 5.02 Å². The molecule has 0 radical (unpaired) electrons. The second-order valence-corrected chi connectivity index (χ2v) is 5.52. The van der Waals surface area contributed by atoms with Crippen molar-refractivity contribution in [3.05, 3.63) is 34.6 Å². The molecule has 0 aliphatic rings. The Hall–Kier alpha value is -1.09. The number of halogens is 2. The quantitative estimate of drug-likeness (QED) is 0.794. The van der Waals surface area contributed by atoms with Crippen molar-refractivity contribution in [1.82, 2.24) is 4.90 Å². The minimum atomic E-state index is -0.480. The van der Waals surface area contributed by atoms with E-state index < -0.39 is 5.41 Å². The van der Waals surface area contributed by atoms with Gasteiger partial charge in [-0.15, -0.1) is 0 Å². The molecular formula is C13H17ClFNO. The van der Waals surface area contributed by atoms with E-state index in [0.29, 0.717) is 10.6 Å². The molecule has 0 fully saturated rings. The topological polar surface area (TPSA) is 20.3 Å². The maximum atomic E-state index is 13.5. The summed E-state index contributed by atoms with van der Waals surface area (Å²) >= 11 is 5.91. The van der Waals surface area contributed by atoms with E-state index in [9.17, 15) is 9.18 Å². The van der Waals surface area contributed by atoms with Crippen molar-refractivity contribution in [2.75, 3.05) is 7.05 Å². The highest BCUT2D eigenvalue weighted by molar-refractivity contribution is 6.31. The third kappa shape index (κ3) is 3.43. The molecule has 2 nitrogen and oxygen atoms in total. The highest BCUT2D eigenvalue weighted by atomic mass is 35.5. The van der Waals surface area contributed by atoms with E-state index in [-0.39, 0.29) is 18.3 Å². The Morgan fingerprint density at radius 2 is 2.00 bits per heavy atom. The average molecular weight is 258 g/mol. The van der Waals surface area contributed by atoms with Gasteiger partial charge in [0.25, 0.3) is 0 Å². The van der Waals surface area contributed by atoms with Gasteiger partial charge in [0.05, 0.1) is 0 Å². The van der Waals surface area contributed by atoms with E-state index in [0.717, 1.165) is 0 Å². The Morgan fingerprint density at radius 3 is 2.47 bits per heavy atom. The molecule has 1 rings (SSSR count). The molecule has 1 aromatic rings. The molecule has 0 aromatic heterocycles. The largest absolute Gasteiger partial charge is 0.341 e. The van der Waals surface area contributed by atoms with Gasteiger partial charge in [-0.1, -0.05) is 38.4 Å². The molecule has 0 aliphatic carbocycles. The van der Waals surface area contributed by atoms with Crippen LogP contribution in [0.15, 0.2) is 18.2 Å². The third-order valence-electron chi connectivity index (χ3n) is 2.45. The lowest BCUT2D eigenvalue weighted by atomic mass is 9.95. The lowest BCUT2D eigenvalue weighted by molar-refractivity contribution is -0.138. The molecule has 17 heavy (non-hydrogen) atoms. The summed E-state index contributed by atoms with van der Waals surface area (Å²) in [5, 5.41) is 0.346. The van der Waals surface area contributed by atoms with Gasteiger partial charge in [-0.05, 0) is 12.1 Å². The summed E-state index contributed by atoms with van der Waals surface area (Å²) in [4.78, 5) is 13.4. The van der Waals surface area contributed by atoms with E-state index in [4.69, 9.17) is 11.6 Å². The van der Waals surface area contributed by atoms with Gasteiger partial charge < -0.3 is 4.90 Å². The summed E-state index contributed by atoms with van der Waals surface area (Å²) in [6, 6.07) is 4.51. The molecule has 4 heteroatoms. The standard InChI is InChI=1S/C13H17ClFNO/c1-13(2,3)12(17)16(4)8-9-10(14)6-5-7-11(9)15/h5-7H,8H2,1-4H3. The summed E-state index contributed by atoms with van der Waals surface area (Å²) in [6.45, 7) is 5.67. The van der Waals surface area contributed by atoms with Gasteiger partial charge in [0.15, 0.2) is 0 Å². The predicted molar refractivity (Wildman–Crippen MR) is 67.3 cm³/mol. The van der Waals surface area contributed by atoms with Crippen molar-refractivity contribution < 1.29 is 9.18 Å². The smallest absolute Gasteiger partial charge is 0.227 e. The zero-order chi connectivity index (χ0) is 13.2. The fourth-order valence-corrected chi connectivity index (χ4v) is 1.79. The van der Waals surface area contributed by atoms with Crippen LogP contribution in [0.25, 0.3) is 0 Å². The first kappa shape index (κ1) is 14.0. The van der Waals surface area contributed by atoms with E-state index in [1.165, 1.54) is 11.0 Å². The minimum absolute atomic E-state index is 0.0446. The lowest BCUT2D eigenvalue weighted by Gasteiger charge is -2.26. The number of carbonyl (C=O) groups is 1. The van der Waals surface area contributed by atoms with E-state index in [1.54, 1.807) is 19.2 Å². The van der Waals surface area contributed by atoms with Gasteiger partial charge in [-0.25, -0.2) is 4.39 Å². The fraction of sp³-hybridized carbons (Fsp3) is 0.462. The van der Waals surface area contributed by atoms with Crippen molar-refractivity contribution in [3.63, 3.8) is 0 Å². The Morgan fingerprint density at radius 1 is 1.41 bits per heavy atom. The molecule has 0 saturated heterocycles. The summed E-state index contributed by atoms with van der Waals surface area (Å²) in [6.07, 6.45) is 0. The van der Waals surface area contributed by atoms with Crippen molar-refractivity contribution in [3.8, 4) is 0 Å². The van der Waals surface area contributed by atoms with Gasteiger partial charge in [0.2, 0.25) is 5.91 Å². The lowest BCUT2D eigenvalue weighted by Crippen LogP contribution is -2.36. The summed E-state index contributed by atoms with van der Waals surface area (Å²) in [5.41, 5.74) is -0.124. The number of carbonyl (C=O) groups excluding carboxylic acids is 1. The molecule has 0 spiro atoms. The molecular weight excluding hydrogens is 241 g/mol. The van der Waals surface area contributed by atoms with Gasteiger partial charge in [0.1, 0.15) is 5.82 Å². The first-order valence-electron chi connectivity index (χ1n) is 5.42. The molecule has 0 bridgehead atoms. The van der Waals surface area contributed by atoms with Crippen LogP contribution in [-0.2, 0) is 11.3 Å². The predicted octanol–water partition coefficient (Wildman–Crippen LogP) is 3.48. The van der Waals surface area contributed by atoms with E-state index in [2.05, 4.69) is 0 Å². The van der Waals surface area contributed by atoms with E-state index >= 15 is 0 Å². The number of nitrogens with zero attached hydrogens (tertiary/aromatic N) is 1. The fourth-order valence-electron chi connectivity index (χ4n) is 1.56. The van der Waals surface area contributed by atoms with Crippen LogP contribution in [0.3, 0.4) is 0 Å². The van der Waals surface area contributed by atoms with Crippen molar-refractivity contribution in [2.45, 2.75) is 27.3 Å². The van der Waals surface area contributed by atoms with Crippen LogP contribution in [-0.4, -0.2) is 17.9 Å². The normalized spacial score (nSPS) is 11.4. The molecule has 0 heterocycles. The number of amides is 1. The average Bonchev–Trinajstić information content (AvgIpc) is 2.21. The Labute approximate surface area is 106 Å². The summed E-state index contributed by atoms with van der Waals surface area (Å²) < 4.78 is 13.5. The molecule has 0 N–H and O–H groups in total. The highest BCUT2D eigenvalue weighted by Crippen LogP contribution is 2.23. The Bertz CT molecular complexity index is 406. The van der Waals surface area contributed by atoms with Gasteiger partial charge in [0, 0.05) is 29.6 Å².